The summed E-state index contributed by atoms with van der Waals surface area (Å²) in [5.41, 5.74) is 0. The molecule has 0 bridgehead atoms. The fraction of sp³-hybridized carbons (Fsp3) is 0.769. The lowest BCUT2D eigenvalue weighted by Gasteiger charge is -2.18. The third-order valence-electron chi connectivity index (χ3n) is 2.59. The van der Waals surface area contributed by atoms with Crippen LogP contribution in [0.25, 0.3) is 0 Å². The first kappa shape index (κ1) is 16.4. The molecular formula is C13H25N5O2. The number of rotatable bonds is 10. The highest BCUT2D eigenvalue weighted by atomic mass is 16.5. The van der Waals surface area contributed by atoms with Gasteiger partial charge < -0.3 is 19.7 Å². The van der Waals surface area contributed by atoms with Gasteiger partial charge >= 0.3 is 6.01 Å². The van der Waals surface area contributed by atoms with Gasteiger partial charge in [0.15, 0.2) is 0 Å². The average molecular weight is 283 g/mol. The Labute approximate surface area is 120 Å². The van der Waals surface area contributed by atoms with Gasteiger partial charge in [-0.05, 0) is 19.8 Å². The zero-order valence-electron chi connectivity index (χ0n) is 12.8. The van der Waals surface area contributed by atoms with Gasteiger partial charge in [-0.3, -0.25) is 0 Å². The van der Waals surface area contributed by atoms with Crippen LogP contribution < -0.4 is 15.0 Å². The highest BCUT2D eigenvalue weighted by Crippen LogP contribution is 2.14. The van der Waals surface area contributed by atoms with Crippen molar-refractivity contribution >= 4 is 11.9 Å². The van der Waals surface area contributed by atoms with Crippen LogP contribution in [0.3, 0.4) is 0 Å². The number of nitrogens with one attached hydrogen (secondary N) is 1. The van der Waals surface area contributed by atoms with Crippen molar-refractivity contribution in [2.24, 2.45) is 0 Å². The van der Waals surface area contributed by atoms with Crippen molar-refractivity contribution in [1.82, 2.24) is 15.0 Å². The van der Waals surface area contributed by atoms with Crippen LogP contribution in [0.2, 0.25) is 0 Å². The monoisotopic (exact) mass is 283 g/mol. The van der Waals surface area contributed by atoms with E-state index in [1.807, 2.05) is 18.9 Å². The van der Waals surface area contributed by atoms with Gasteiger partial charge in [0.25, 0.3) is 0 Å². The second kappa shape index (κ2) is 9.30. The molecule has 0 aliphatic heterocycles. The SMILES string of the molecule is CCCNc1nc(OCC)nc(N(C)CCCOC)n1. The van der Waals surface area contributed by atoms with Crippen LogP contribution in [0, 0.1) is 0 Å². The lowest BCUT2D eigenvalue weighted by molar-refractivity contribution is 0.196. The largest absolute Gasteiger partial charge is 0.464 e. The summed E-state index contributed by atoms with van der Waals surface area (Å²) in [6.45, 7) is 6.89. The van der Waals surface area contributed by atoms with Gasteiger partial charge in [-0.15, -0.1) is 0 Å². The zero-order chi connectivity index (χ0) is 14.8. The first-order valence-corrected chi connectivity index (χ1v) is 7.04. The molecule has 1 N–H and O–H groups in total. The number of ether oxygens (including phenoxy) is 2. The molecule has 1 rings (SSSR count). The van der Waals surface area contributed by atoms with E-state index < -0.39 is 0 Å². The van der Waals surface area contributed by atoms with Crippen LogP contribution in [0.4, 0.5) is 11.9 Å². The summed E-state index contributed by atoms with van der Waals surface area (Å²) in [7, 11) is 3.65. The Hall–Kier alpha value is -1.63. The lowest BCUT2D eigenvalue weighted by atomic mass is 10.4. The van der Waals surface area contributed by atoms with E-state index in [4.69, 9.17) is 9.47 Å². The van der Waals surface area contributed by atoms with Crippen molar-refractivity contribution < 1.29 is 9.47 Å². The Morgan fingerprint density at radius 1 is 1.20 bits per heavy atom. The summed E-state index contributed by atoms with van der Waals surface area (Å²) in [5.74, 6) is 1.16. The Morgan fingerprint density at radius 3 is 2.65 bits per heavy atom. The average Bonchev–Trinajstić information content (AvgIpc) is 2.45. The molecular weight excluding hydrogens is 258 g/mol. The third-order valence-corrected chi connectivity index (χ3v) is 2.59. The van der Waals surface area contributed by atoms with Gasteiger partial charge in [-0.25, -0.2) is 0 Å². The Bertz CT molecular complexity index is 389. The van der Waals surface area contributed by atoms with Gasteiger partial charge in [-0.1, -0.05) is 6.92 Å². The van der Waals surface area contributed by atoms with E-state index in [1.165, 1.54) is 0 Å². The number of methoxy groups -OCH3 is 1. The second-order valence-corrected chi connectivity index (χ2v) is 4.37. The molecule has 7 nitrogen and oxygen atoms in total. The van der Waals surface area contributed by atoms with Crippen molar-refractivity contribution in [1.29, 1.82) is 0 Å². The van der Waals surface area contributed by atoms with E-state index in [0.29, 0.717) is 31.1 Å². The lowest BCUT2D eigenvalue weighted by Crippen LogP contribution is -2.23. The minimum absolute atomic E-state index is 0.356. The molecule has 0 unspecified atom stereocenters. The Balaban J connectivity index is 2.78. The van der Waals surface area contributed by atoms with E-state index in [9.17, 15) is 0 Å². The molecule has 0 saturated heterocycles. The van der Waals surface area contributed by atoms with E-state index >= 15 is 0 Å². The second-order valence-electron chi connectivity index (χ2n) is 4.37. The molecule has 7 heteroatoms. The number of hydrogen-bond acceptors (Lipinski definition) is 7. The third kappa shape index (κ3) is 5.56. The van der Waals surface area contributed by atoms with E-state index in [0.717, 1.165) is 25.9 Å². The molecule has 0 atom stereocenters. The fourth-order valence-corrected chi connectivity index (χ4v) is 1.57. The van der Waals surface area contributed by atoms with Gasteiger partial charge in [0.1, 0.15) is 0 Å². The molecule has 1 heterocycles. The van der Waals surface area contributed by atoms with E-state index in [2.05, 4.69) is 27.2 Å². The van der Waals surface area contributed by atoms with Crippen molar-refractivity contribution in [3.05, 3.63) is 0 Å². The predicted octanol–water partition coefficient (Wildman–Crippen LogP) is 1.56. The molecule has 1 aromatic heterocycles. The summed E-state index contributed by atoms with van der Waals surface area (Å²) < 4.78 is 10.4. The highest BCUT2D eigenvalue weighted by Gasteiger charge is 2.10. The van der Waals surface area contributed by atoms with Crippen molar-refractivity contribution in [2.75, 3.05) is 50.7 Å². The van der Waals surface area contributed by atoms with Crippen LogP contribution >= 0.6 is 0 Å². The number of hydrogen-bond donors (Lipinski definition) is 1. The molecule has 0 spiro atoms. The number of aromatic nitrogens is 3. The predicted molar refractivity (Wildman–Crippen MR) is 79.5 cm³/mol. The maximum Gasteiger partial charge on any atom is 0.323 e. The first-order valence-electron chi connectivity index (χ1n) is 7.04. The fourth-order valence-electron chi connectivity index (χ4n) is 1.57. The zero-order valence-corrected chi connectivity index (χ0v) is 12.8. The van der Waals surface area contributed by atoms with Gasteiger partial charge in [-0.2, -0.15) is 15.0 Å². The molecule has 20 heavy (non-hydrogen) atoms. The molecule has 0 saturated carbocycles. The molecule has 0 aliphatic carbocycles. The highest BCUT2D eigenvalue weighted by molar-refractivity contribution is 5.37. The quantitative estimate of drug-likeness (QED) is 0.653. The maximum atomic E-state index is 5.39. The molecule has 0 fully saturated rings. The minimum Gasteiger partial charge on any atom is -0.464 e. The molecule has 114 valence electrons. The Morgan fingerprint density at radius 2 is 2.00 bits per heavy atom. The maximum absolute atomic E-state index is 5.39. The molecule has 0 aliphatic rings. The smallest absolute Gasteiger partial charge is 0.323 e. The van der Waals surface area contributed by atoms with Gasteiger partial charge in [0, 0.05) is 33.9 Å². The molecule has 0 radical (unpaired) electrons. The minimum atomic E-state index is 0.356. The Kier molecular flexibility index (Phi) is 7.64. The van der Waals surface area contributed by atoms with Crippen molar-refractivity contribution in [2.45, 2.75) is 26.7 Å². The number of anilines is 2. The van der Waals surface area contributed by atoms with E-state index in [1.54, 1.807) is 7.11 Å². The molecule has 0 amide bonds. The van der Waals surface area contributed by atoms with Gasteiger partial charge in [0.2, 0.25) is 11.9 Å². The van der Waals surface area contributed by atoms with Crippen LogP contribution in [-0.2, 0) is 4.74 Å². The topological polar surface area (TPSA) is 72.4 Å². The summed E-state index contributed by atoms with van der Waals surface area (Å²) in [6, 6.07) is 0.356. The normalized spacial score (nSPS) is 10.4. The van der Waals surface area contributed by atoms with E-state index in [-0.39, 0.29) is 0 Å². The summed E-state index contributed by atoms with van der Waals surface area (Å²) in [4.78, 5) is 14.9. The van der Waals surface area contributed by atoms with Crippen LogP contribution in [0.15, 0.2) is 0 Å². The first-order chi connectivity index (χ1) is 9.71. The van der Waals surface area contributed by atoms with Gasteiger partial charge in [0.05, 0.1) is 6.61 Å². The van der Waals surface area contributed by atoms with Crippen molar-refractivity contribution in [3.8, 4) is 6.01 Å². The summed E-state index contributed by atoms with van der Waals surface area (Å²) >= 11 is 0. The number of nitrogens with zero attached hydrogens (tertiary/aromatic N) is 4. The van der Waals surface area contributed by atoms with Crippen LogP contribution in [0.5, 0.6) is 6.01 Å². The van der Waals surface area contributed by atoms with Crippen molar-refractivity contribution in [3.63, 3.8) is 0 Å². The van der Waals surface area contributed by atoms with Crippen LogP contribution in [0.1, 0.15) is 26.7 Å². The molecule has 1 aromatic rings. The standard InChI is InChI=1S/C13H25N5O2/c1-5-8-14-11-15-12(17-13(16-11)20-6-2)18(3)9-7-10-19-4/h5-10H2,1-4H3,(H,14,15,16,17). The summed E-state index contributed by atoms with van der Waals surface area (Å²) in [5, 5.41) is 3.16. The van der Waals surface area contributed by atoms with Crippen LogP contribution in [-0.4, -0.2) is 55.4 Å². The molecule has 0 aromatic carbocycles. The summed E-state index contributed by atoms with van der Waals surface area (Å²) in [6.07, 6.45) is 1.93.